The Morgan fingerprint density at radius 3 is 2.53 bits per heavy atom. The summed E-state index contributed by atoms with van der Waals surface area (Å²) >= 11 is 1.68. The molecule has 0 atom stereocenters. The van der Waals surface area contributed by atoms with E-state index in [1.807, 2.05) is 18.7 Å². The van der Waals surface area contributed by atoms with Gasteiger partial charge in [0.1, 0.15) is 5.03 Å². The second-order valence-electron chi connectivity index (χ2n) is 4.30. The van der Waals surface area contributed by atoms with E-state index in [1.165, 1.54) is 16.0 Å². The fourth-order valence-corrected chi connectivity index (χ4v) is 2.81. The van der Waals surface area contributed by atoms with Gasteiger partial charge in [0.25, 0.3) is 0 Å². The van der Waals surface area contributed by atoms with Crippen LogP contribution >= 0.6 is 11.8 Å². The summed E-state index contributed by atoms with van der Waals surface area (Å²) < 4.78 is 1.84. The van der Waals surface area contributed by atoms with E-state index in [0.29, 0.717) is 0 Å². The van der Waals surface area contributed by atoms with E-state index in [0.717, 1.165) is 16.4 Å². The minimum absolute atomic E-state index is 0.776. The van der Waals surface area contributed by atoms with Gasteiger partial charge in [-0.1, -0.05) is 23.9 Å². The van der Waals surface area contributed by atoms with Gasteiger partial charge in [0.15, 0.2) is 0 Å². The summed E-state index contributed by atoms with van der Waals surface area (Å²) in [6.07, 6.45) is 0. The Morgan fingerprint density at radius 2 is 1.94 bits per heavy atom. The lowest BCUT2D eigenvalue weighted by Crippen LogP contribution is -1.94. The van der Waals surface area contributed by atoms with Crippen LogP contribution in [0.5, 0.6) is 0 Å². The van der Waals surface area contributed by atoms with Gasteiger partial charge in [-0.05, 0) is 38.0 Å². The maximum absolute atomic E-state index is 6.04. The first-order chi connectivity index (χ1) is 7.99. The maximum atomic E-state index is 6.04. The van der Waals surface area contributed by atoms with Gasteiger partial charge in [-0.2, -0.15) is 5.10 Å². The largest absolute Gasteiger partial charge is 0.395 e. The molecule has 0 bridgehead atoms. The first-order valence-corrected chi connectivity index (χ1v) is 6.35. The van der Waals surface area contributed by atoms with E-state index in [4.69, 9.17) is 5.73 Å². The minimum Gasteiger partial charge on any atom is -0.395 e. The van der Waals surface area contributed by atoms with Gasteiger partial charge in [0, 0.05) is 11.9 Å². The van der Waals surface area contributed by atoms with E-state index in [1.54, 1.807) is 11.8 Å². The molecule has 0 aliphatic heterocycles. The zero-order chi connectivity index (χ0) is 12.6. The van der Waals surface area contributed by atoms with Crippen LogP contribution in [0.1, 0.15) is 16.8 Å². The molecular formula is C13H17N3S. The average molecular weight is 247 g/mol. The van der Waals surface area contributed by atoms with Gasteiger partial charge < -0.3 is 5.73 Å². The second-order valence-corrected chi connectivity index (χ2v) is 5.33. The zero-order valence-corrected chi connectivity index (χ0v) is 11.4. The molecule has 0 radical (unpaired) electrons. The average Bonchev–Trinajstić information content (AvgIpc) is 2.50. The SMILES string of the molecule is Cc1ccc(C)c(Sc2c(N)c(C)nn2C)c1. The molecular weight excluding hydrogens is 230 g/mol. The molecule has 2 rings (SSSR count). The lowest BCUT2D eigenvalue weighted by Gasteiger charge is -2.07. The van der Waals surface area contributed by atoms with E-state index >= 15 is 0 Å². The van der Waals surface area contributed by atoms with Crippen molar-refractivity contribution < 1.29 is 0 Å². The summed E-state index contributed by atoms with van der Waals surface area (Å²) in [7, 11) is 1.93. The van der Waals surface area contributed by atoms with Gasteiger partial charge in [-0.3, -0.25) is 4.68 Å². The van der Waals surface area contributed by atoms with Crippen molar-refractivity contribution in [1.29, 1.82) is 0 Å². The molecule has 0 fully saturated rings. The molecule has 1 aromatic heterocycles. The first-order valence-electron chi connectivity index (χ1n) is 5.53. The highest BCUT2D eigenvalue weighted by atomic mass is 32.2. The van der Waals surface area contributed by atoms with E-state index in [-0.39, 0.29) is 0 Å². The summed E-state index contributed by atoms with van der Waals surface area (Å²) in [5, 5.41) is 5.34. The fourth-order valence-electron chi connectivity index (χ4n) is 1.70. The number of hydrogen-bond donors (Lipinski definition) is 1. The van der Waals surface area contributed by atoms with Crippen LogP contribution in [0.4, 0.5) is 5.69 Å². The zero-order valence-electron chi connectivity index (χ0n) is 10.6. The van der Waals surface area contributed by atoms with Gasteiger partial charge in [0.2, 0.25) is 0 Å². The Balaban J connectivity index is 2.41. The predicted octanol–water partition coefficient (Wildman–Crippen LogP) is 3.08. The van der Waals surface area contributed by atoms with Crippen LogP contribution in [0.3, 0.4) is 0 Å². The topological polar surface area (TPSA) is 43.8 Å². The molecule has 3 nitrogen and oxygen atoms in total. The van der Waals surface area contributed by atoms with E-state index in [9.17, 15) is 0 Å². The molecule has 1 heterocycles. The van der Waals surface area contributed by atoms with Crippen molar-refractivity contribution in [2.45, 2.75) is 30.7 Å². The van der Waals surface area contributed by atoms with Gasteiger partial charge in [0.05, 0.1) is 11.4 Å². The number of hydrogen-bond acceptors (Lipinski definition) is 3. The second kappa shape index (κ2) is 4.45. The third kappa shape index (κ3) is 2.31. The van der Waals surface area contributed by atoms with Crippen molar-refractivity contribution in [2.75, 3.05) is 5.73 Å². The molecule has 0 aliphatic carbocycles. The van der Waals surface area contributed by atoms with Crippen molar-refractivity contribution >= 4 is 17.4 Å². The molecule has 0 unspecified atom stereocenters. The number of nitrogens with two attached hydrogens (primary N) is 1. The van der Waals surface area contributed by atoms with Gasteiger partial charge in [-0.15, -0.1) is 0 Å². The van der Waals surface area contributed by atoms with Gasteiger partial charge >= 0.3 is 0 Å². The number of benzene rings is 1. The van der Waals surface area contributed by atoms with Crippen LogP contribution in [-0.4, -0.2) is 9.78 Å². The van der Waals surface area contributed by atoms with Crippen molar-refractivity contribution in [3.8, 4) is 0 Å². The van der Waals surface area contributed by atoms with Crippen LogP contribution < -0.4 is 5.73 Å². The van der Waals surface area contributed by atoms with E-state index in [2.05, 4.69) is 37.1 Å². The van der Waals surface area contributed by atoms with Crippen molar-refractivity contribution in [1.82, 2.24) is 9.78 Å². The summed E-state index contributed by atoms with van der Waals surface area (Å²) in [5.41, 5.74) is 10.2. The van der Waals surface area contributed by atoms with Crippen LogP contribution in [0.15, 0.2) is 28.1 Å². The molecule has 0 saturated carbocycles. The number of nitrogen functional groups attached to an aromatic ring is 1. The highest BCUT2D eigenvalue weighted by Crippen LogP contribution is 2.35. The van der Waals surface area contributed by atoms with Gasteiger partial charge in [-0.25, -0.2) is 0 Å². The van der Waals surface area contributed by atoms with Crippen LogP contribution in [0, 0.1) is 20.8 Å². The Bertz CT molecular complexity index is 558. The maximum Gasteiger partial charge on any atom is 0.122 e. The Labute approximate surface area is 106 Å². The van der Waals surface area contributed by atoms with Crippen molar-refractivity contribution in [2.24, 2.45) is 7.05 Å². The molecule has 2 N–H and O–H groups in total. The normalized spacial score (nSPS) is 10.8. The molecule has 4 heteroatoms. The van der Waals surface area contributed by atoms with Crippen LogP contribution in [-0.2, 0) is 7.05 Å². The summed E-state index contributed by atoms with van der Waals surface area (Å²) in [6, 6.07) is 6.44. The number of nitrogens with zero attached hydrogens (tertiary/aromatic N) is 2. The fraction of sp³-hybridized carbons (Fsp3) is 0.308. The number of aromatic nitrogens is 2. The molecule has 90 valence electrons. The number of aryl methyl sites for hydroxylation is 4. The Kier molecular flexibility index (Phi) is 3.15. The van der Waals surface area contributed by atoms with Crippen molar-refractivity contribution in [3.05, 3.63) is 35.0 Å². The summed E-state index contributed by atoms with van der Waals surface area (Å²) in [4.78, 5) is 1.24. The molecule has 0 aliphatic rings. The Hall–Kier alpha value is -1.42. The van der Waals surface area contributed by atoms with Crippen LogP contribution in [0.2, 0.25) is 0 Å². The van der Waals surface area contributed by atoms with E-state index < -0.39 is 0 Å². The molecule has 1 aromatic carbocycles. The van der Waals surface area contributed by atoms with Crippen molar-refractivity contribution in [3.63, 3.8) is 0 Å². The molecule has 0 spiro atoms. The molecule has 0 amide bonds. The smallest absolute Gasteiger partial charge is 0.122 e. The lowest BCUT2D eigenvalue weighted by atomic mass is 10.2. The highest BCUT2D eigenvalue weighted by Gasteiger charge is 2.12. The third-order valence-corrected chi connectivity index (χ3v) is 4.10. The molecule has 0 saturated heterocycles. The number of anilines is 1. The lowest BCUT2D eigenvalue weighted by molar-refractivity contribution is 0.693. The summed E-state index contributed by atoms with van der Waals surface area (Å²) in [6.45, 7) is 6.14. The predicted molar refractivity (Wildman–Crippen MR) is 72.4 cm³/mol. The number of rotatable bonds is 2. The minimum atomic E-state index is 0.776. The monoisotopic (exact) mass is 247 g/mol. The standard InChI is InChI=1S/C13H17N3S/c1-8-5-6-9(2)11(7-8)17-13-12(14)10(3)15-16(13)4/h5-7H,14H2,1-4H3. The first kappa shape index (κ1) is 12.0. The quantitative estimate of drug-likeness (QED) is 0.887. The molecule has 17 heavy (non-hydrogen) atoms. The highest BCUT2D eigenvalue weighted by molar-refractivity contribution is 7.99. The third-order valence-electron chi connectivity index (χ3n) is 2.76. The molecule has 2 aromatic rings. The Morgan fingerprint density at radius 1 is 1.24 bits per heavy atom. The summed E-state index contributed by atoms with van der Waals surface area (Å²) in [5.74, 6) is 0. The van der Waals surface area contributed by atoms with Crippen LogP contribution in [0.25, 0.3) is 0 Å².